The average Bonchev–Trinajstić information content (AvgIpc) is 2.67. The van der Waals surface area contributed by atoms with Gasteiger partial charge in [0.2, 0.25) is 16.4 Å². The van der Waals surface area contributed by atoms with E-state index in [-0.39, 0.29) is 23.9 Å². The Morgan fingerprint density at radius 2 is 1.58 bits per heavy atom. The van der Waals surface area contributed by atoms with Gasteiger partial charge in [-0.3, -0.25) is 9.59 Å². The van der Waals surface area contributed by atoms with E-state index in [9.17, 15) is 18.0 Å². The second kappa shape index (κ2) is 9.14. The number of nitrogens with zero attached hydrogens (tertiary/aromatic N) is 3. The van der Waals surface area contributed by atoms with Crippen LogP contribution in [0.4, 0.5) is 0 Å². The maximum absolute atomic E-state index is 12.7. The van der Waals surface area contributed by atoms with Gasteiger partial charge >= 0.3 is 0 Å². The van der Waals surface area contributed by atoms with Gasteiger partial charge in [-0.25, -0.2) is 8.42 Å². The summed E-state index contributed by atoms with van der Waals surface area (Å²) >= 11 is 0. The van der Waals surface area contributed by atoms with Crippen LogP contribution < -0.4 is 0 Å². The molecule has 26 heavy (non-hydrogen) atoms. The molecule has 144 valence electrons. The Bertz CT molecular complexity index is 704. The van der Waals surface area contributed by atoms with Gasteiger partial charge in [-0.2, -0.15) is 4.31 Å². The third kappa shape index (κ3) is 4.62. The summed E-state index contributed by atoms with van der Waals surface area (Å²) in [6.45, 7) is 6.77. The number of benzene rings is 1. The van der Waals surface area contributed by atoms with Crippen LogP contribution in [-0.4, -0.2) is 74.1 Å². The molecule has 1 fully saturated rings. The van der Waals surface area contributed by atoms with Crippen LogP contribution >= 0.6 is 0 Å². The minimum absolute atomic E-state index is 0.0720. The number of sulfonamides is 1. The van der Waals surface area contributed by atoms with Crippen LogP contribution in [0.1, 0.15) is 37.0 Å². The molecule has 1 saturated heterocycles. The lowest BCUT2D eigenvalue weighted by Gasteiger charge is -2.31. The number of hydrogen-bond acceptors (Lipinski definition) is 4. The molecule has 0 aliphatic carbocycles. The Balaban J connectivity index is 2.13. The third-order valence-electron chi connectivity index (χ3n) is 4.44. The van der Waals surface area contributed by atoms with Crippen molar-refractivity contribution in [2.45, 2.75) is 31.6 Å². The van der Waals surface area contributed by atoms with Gasteiger partial charge in [-0.05, 0) is 37.1 Å². The Labute approximate surface area is 155 Å². The summed E-state index contributed by atoms with van der Waals surface area (Å²) < 4.78 is 26.8. The molecule has 0 bridgehead atoms. The number of piperazine rings is 1. The summed E-state index contributed by atoms with van der Waals surface area (Å²) in [7, 11) is -3.61. The molecule has 0 unspecified atom stereocenters. The highest BCUT2D eigenvalue weighted by molar-refractivity contribution is 7.89. The fourth-order valence-corrected chi connectivity index (χ4v) is 4.43. The lowest BCUT2D eigenvalue weighted by molar-refractivity contribution is -0.119. The topological polar surface area (TPSA) is 78.0 Å². The average molecular weight is 381 g/mol. The number of hydrogen-bond donors (Lipinski definition) is 0. The fraction of sp³-hybridized carbons (Fsp3) is 0.556. The van der Waals surface area contributed by atoms with E-state index in [2.05, 4.69) is 0 Å². The largest absolute Gasteiger partial charge is 0.343 e. The molecule has 1 aromatic rings. The van der Waals surface area contributed by atoms with E-state index < -0.39 is 10.0 Å². The van der Waals surface area contributed by atoms with Crippen LogP contribution in [0.2, 0.25) is 0 Å². The van der Waals surface area contributed by atoms with Crippen molar-refractivity contribution in [3.05, 3.63) is 29.8 Å². The van der Waals surface area contributed by atoms with E-state index in [1.54, 1.807) is 21.9 Å². The van der Waals surface area contributed by atoms with Gasteiger partial charge in [-0.1, -0.05) is 13.8 Å². The second-order valence-corrected chi connectivity index (χ2v) is 8.30. The van der Waals surface area contributed by atoms with Crippen molar-refractivity contribution in [3.8, 4) is 0 Å². The van der Waals surface area contributed by atoms with Crippen LogP contribution in [0.5, 0.6) is 0 Å². The molecule has 8 heteroatoms. The molecule has 0 radical (unpaired) electrons. The summed E-state index contributed by atoms with van der Waals surface area (Å²) in [6.07, 6.45) is 2.50. The van der Waals surface area contributed by atoms with E-state index >= 15 is 0 Å². The van der Waals surface area contributed by atoms with Gasteiger partial charge in [0, 0.05) is 44.8 Å². The quantitative estimate of drug-likeness (QED) is 0.638. The molecule has 1 aliphatic heterocycles. The smallest absolute Gasteiger partial charge is 0.253 e. The third-order valence-corrected chi connectivity index (χ3v) is 6.35. The minimum Gasteiger partial charge on any atom is -0.343 e. The van der Waals surface area contributed by atoms with Crippen molar-refractivity contribution >= 4 is 22.3 Å². The first kappa shape index (κ1) is 20.4. The second-order valence-electron chi connectivity index (χ2n) is 6.36. The molecule has 0 atom stereocenters. The molecular weight excluding hydrogens is 354 g/mol. The summed E-state index contributed by atoms with van der Waals surface area (Å²) in [5, 5.41) is 0. The van der Waals surface area contributed by atoms with E-state index in [0.29, 0.717) is 31.7 Å². The molecule has 1 aromatic carbocycles. The zero-order chi connectivity index (χ0) is 19.2. The standard InChI is InChI=1S/C18H27N3O4S/c1-3-9-20(10-4-2)18(23)16-5-7-17(8-6-16)26(24,25)21-13-11-19(15-22)12-14-21/h5-8,15H,3-4,9-14H2,1-2H3. The first-order valence-corrected chi connectivity index (χ1v) is 10.5. The maximum Gasteiger partial charge on any atom is 0.253 e. The van der Waals surface area contributed by atoms with E-state index in [1.165, 1.54) is 16.4 Å². The molecule has 0 spiro atoms. The van der Waals surface area contributed by atoms with Crippen molar-refractivity contribution in [2.75, 3.05) is 39.3 Å². The molecule has 0 aromatic heterocycles. The SMILES string of the molecule is CCCN(CCC)C(=O)c1ccc(S(=O)(=O)N2CCN(C=O)CC2)cc1. The van der Waals surface area contributed by atoms with Crippen molar-refractivity contribution < 1.29 is 18.0 Å². The summed E-state index contributed by atoms with van der Waals surface area (Å²) in [5.74, 6) is -0.0720. The van der Waals surface area contributed by atoms with Gasteiger partial charge in [0.1, 0.15) is 0 Å². The summed E-state index contributed by atoms with van der Waals surface area (Å²) in [5.41, 5.74) is 0.497. The van der Waals surface area contributed by atoms with Gasteiger partial charge in [0.25, 0.3) is 5.91 Å². The van der Waals surface area contributed by atoms with Gasteiger partial charge in [-0.15, -0.1) is 0 Å². The Morgan fingerprint density at radius 1 is 1.04 bits per heavy atom. The highest BCUT2D eigenvalue weighted by Crippen LogP contribution is 2.19. The lowest BCUT2D eigenvalue weighted by atomic mass is 10.2. The molecule has 7 nitrogen and oxygen atoms in total. The number of rotatable bonds is 8. The molecular formula is C18H27N3O4S. The van der Waals surface area contributed by atoms with Gasteiger partial charge < -0.3 is 9.80 Å². The zero-order valence-electron chi connectivity index (χ0n) is 15.4. The fourth-order valence-electron chi connectivity index (χ4n) is 3.01. The van der Waals surface area contributed by atoms with Gasteiger partial charge in [0.15, 0.2) is 0 Å². The van der Waals surface area contributed by atoms with Crippen molar-refractivity contribution in [3.63, 3.8) is 0 Å². The van der Waals surface area contributed by atoms with Crippen LogP contribution in [-0.2, 0) is 14.8 Å². The van der Waals surface area contributed by atoms with Crippen molar-refractivity contribution in [2.24, 2.45) is 0 Å². The molecule has 2 amide bonds. The Morgan fingerprint density at radius 3 is 2.04 bits per heavy atom. The van der Waals surface area contributed by atoms with Crippen LogP contribution in [0.3, 0.4) is 0 Å². The molecule has 1 heterocycles. The van der Waals surface area contributed by atoms with Crippen molar-refractivity contribution in [1.29, 1.82) is 0 Å². The van der Waals surface area contributed by atoms with Crippen LogP contribution in [0.15, 0.2) is 29.2 Å². The predicted octanol–water partition coefficient (Wildman–Crippen LogP) is 1.41. The Kier molecular flexibility index (Phi) is 7.16. The number of carbonyl (C=O) groups is 2. The highest BCUT2D eigenvalue weighted by Gasteiger charge is 2.28. The first-order valence-electron chi connectivity index (χ1n) is 9.02. The zero-order valence-corrected chi connectivity index (χ0v) is 16.2. The predicted molar refractivity (Wildman–Crippen MR) is 99.3 cm³/mol. The van der Waals surface area contributed by atoms with Gasteiger partial charge in [0.05, 0.1) is 4.90 Å². The van der Waals surface area contributed by atoms with Crippen molar-refractivity contribution in [1.82, 2.24) is 14.1 Å². The molecule has 0 saturated carbocycles. The van der Waals surface area contributed by atoms with Crippen LogP contribution in [0.25, 0.3) is 0 Å². The normalized spacial score (nSPS) is 15.7. The van der Waals surface area contributed by atoms with Crippen LogP contribution in [0, 0.1) is 0 Å². The summed E-state index contributed by atoms with van der Waals surface area (Å²) in [6, 6.07) is 6.14. The molecule has 1 aliphatic rings. The lowest BCUT2D eigenvalue weighted by Crippen LogP contribution is -2.47. The first-order chi connectivity index (χ1) is 12.4. The van der Waals surface area contributed by atoms with E-state index in [0.717, 1.165) is 19.3 Å². The number of carbonyl (C=O) groups excluding carboxylic acids is 2. The minimum atomic E-state index is -3.61. The number of amides is 2. The molecule has 2 rings (SSSR count). The van der Waals surface area contributed by atoms with E-state index in [1.807, 2.05) is 13.8 Å². The highest BCUT2D eigenvalue weighted by atomic mass is 32.2. The summed E-state index contributed by atoms with van der Waals surface area (Å²) in [4.78, 5) is 26.9. The monoisotopic (exact) mass is 381 g/mol. The molecule has 0 N–H and O–H groups in total. The van der Waals surface area contributed by atoms with E-state index in [4.69, 9.17) is 0 Å². The Hall–Kier alpha value is -1.93. The maximum atomic E-state index is 12.7.